The number of nitrogen functional groups attached to an aromatic ring is 1. The molecule has 0 atom stereocenters. The van der Waals surface area contributed by atoms with E-state index in [-0.39, 0.29) is 0 Å². The largest absolute Gasteiger partial charge is 0.485 e. The zero-order chi connectivity index (χ0) is 10.7. The van der Waals surface area contributed by atoms with Crippen LogP contribution in [0.4, 0.5) is 5.69 Å². The van der Waals surface area contributed by atoms with Gasteiger partial charge in [-0.2, -0.15) is 0 Å². The van der Waals surface area contributed by atoms with Crippen LogP contribution in [0.5, 0.6) is 5.75 Å². The summed E-state index contributed by atoms with van der Waals surface area (Å²) in [6.45, 7) is 0.472. The number of aromatic nitrogens is 1. The number of hydrogen-bond acceptors (Lipinski definition) is 4. The van der Waals surface area contributed by atoms with Crippen molar-refractivity contribution in [3.05, 3.63) is 39.3 Å². The fraction of sp³-hybridized carbons (Fsp3) is 0.100. The van der Waals surface area contributed by atoms with Crippen molar-refractivity contribution in [2.45, 2.75) is 6.61 Å². The summed E-state index contributed by atoms with van der Waals surface area (Å²) in [6.07, 6.45) is 1.76. The molecule has 1 heterocycles. The molecule has 0 aliphatic carbocycles. The molecule has 0 saturated heterocycles. The molecule has 1 aromatic heterocycles. The van der Waals surface area contributed by atoms with Crippen molar-refractivity contribution in [1.82, 2.24) is 4.98 Å². The van der Waals surface area contributed by atoms with E-state index in [1.807, 2.05) is 23.6 Å². The zero-order valence-corrected chi connectivity index (χ0v) is 10.2. The first kappa shape index (κ1) is 10.4. The standard InChI is InChI=1S/C10H9BrN2OS/c11-10-7(12)2-1-3-8(10)14-6-9-13-4-5-15-9/h1-5H,6,12H2. The lowest BCUT2D eigenvalue weighted by Gasteiger charge is -2.07. The molecule has 0 radical (unpaired) electrons. The molecule has 3 nitrogen and oxygen atoms in total. The van der Waals surface area contributed by atoms with E-state index >= 15 is 0 Å². The summed E-state index contributed by atoms with van der Waals surface area (Å²) in [6, 6.07) is 5.55. The number of ether oxygens (including phenoxy) is 1. The van der Waals surface area contributed by atoms with Gasteiger partial charge in [-0.05, 0) is 28.1 Å². The number of anilines is 1. The van der Waals surface area contributed by atoms with Crippen LogP contribution in [0.3, 0.4) is 0 Å². The normalized spacial score (nSPS) is 10.2. The SMILES string of the molecule is Nc1cccc(OCc2nccs2)c1Br. The second-order valence-corrected chi connectivity index (χ2v) is 4.65. The van der Waals surface area contributed by atoms with E-state index in [0.717, 1.165) is 15.2 Å². The molecule has 0 aliphatic heterocycles. The van der Waals surface area contributed by atoms with Gasteiger partial charge in [-0.3, -0.25) is 0 Å². The molecule has 2 rings (SSSR count). The Morgan fingerprint density at radius 3 is 3.07 bits per heavy atom. The van der Waals surface area contributed by atoms with Crippen LogP contribution in [0.2, 0.25) is 0 Å². The van der Waals surface area contributed by atoms with Crippen LogP contribution in [0.1, 0.15) is 5.01 Å². The molecule has 2 N–H and O–H groups in total. The maximum absolute atomic E-state index is 5.73. The smallest absolute Gasteiger partial charge is 0.140 e. The Morgan fingerprint density at radius 2 is 2.33 bits per heavy atom. The quantitative estimate of drug-likeness (QED) is 0.882. The number of thiazole rings is 1. The second kappa shape index (κ2) is 4.63. The Bertz CT molecular complexity index is 445. The maximum atomic E-state index is 5.73. The summed E-state index contributed by atoms with van der Waals surface area (Å²) in [5.74, 6) is 0.741. The first-order valence-electron chi connectivity index (χ1n) is 4.32. The van der Waals surface area contributed by atoms with E-state index in [2.05, 4.69) is 20.9 Å². The minimum absolute atomic E-state index is 0.472. The van der Waals surface area contributed by atoms with E-state index < -0.39 is 0 Å². The highest BCUT2D eigenvalue weighted by atomic mass is 79.9. The lowest BCUT2D eigenvalue weighted by Crippen LogP contribution is -1.96. The van der Waals surface area contributed by atoms with Crippen molar-refractivity contribution in [3.8, 4) is 5.75 Å². The predicted molar refractivity (Wildman–Crippen MR) is 65.0 cm³/mol. The van der Waals surface area contributed by atoms with Crippen molar-refractivity contribution in [2.75, 3.05) is 5.73 Å². The Hall–Kier alpha value is -1.07. The molecule has 0 saturated carbocycles. The Morgan fingerprint density at radius 1 is 1.47 bits per heavy atom. The molecular formula is C10H9BrN2OS. The first-order chi connectivity index (χ1) is 7.27. The minimum atomic E-state index is 0.472. The average Bonchev–Trinajstić information content (AvgIpc) is 2.73. The van der Waals surface area contributed by atoms with Crippen LogP contribution in [0.15, 0.2) is 34.2 Å². The van der Waals surface area contributed by atoms with E-state index in [1.54, 1.807) is 17.5 Å². The summed E-state index contributed by atoms with van der Waals surface area (Å²) in [7, 11) is 0. The van der Waals surface area contributed by atoms with Gasteiger partial charge < -0.3 is 10.5 Å². The molecule has 1 aromatic carbocycles. The number of benzene rings is 1. The summed E-state index contributed by atoms with van der Waals surface area (Å²) in [4.78, 5) is 4.13. The molecular weight excluding hydrogens is 276 g/mol. The summed E-state index contributed by atoms with van der Waals surface area (Å²) >= 11 is 4.95. The molecule has 78 valence electrons. The summed E-state index contributed by atoms with van der Waals surface area (Å²) < 4.78 is 6.38. The maximum Gasteiger partial charge on any atom is 0.140 e. The fourth-order valence-corrected chi connectivity index (χ4v) is 2.01. The van der Waals surface area contributed by atoms with Gasteiger partial charge in [0, 0.05) is 17.3 Å². The number of nitrogens with zero attached hydrogens (tertiary/aromatic N) is 1. The van der Waals surface area contributed by atoms with Gasteiger partial charge in [0.25, 0.3) is 0 Å². The molecule has 0 bridgehead atoms. The number of halogens is 1. The highest BCUT2D eigenvalue weighted by Gasteiger charge is 2.04. The number of hydrogen-bond donors (Lipinski definition) is 1. The monoisotopic (exact) mass is 284 g/mol. The number of nitrogens with two attached hydrogens (primary N) is 1. The first-order valence-corrected chi connectivity index (χ1v) is 6.00. The topological polar surface area (TPSA) is 48.1 Å². The highest BCUT2D eigenvalue weighted by Crippen LogP contribution is 2.30. The molecule has 0 amide bonds. The van der Waals surface area contributed by atoms with Crippen molar-refractivity contribution >= 4 is 33.0 Å². The second-order valence-electron chi connectivity index (χ2n) is 2.87. The number of rotatable bonds is 3. The van der Waals surface area contributed by atoms with E-state index in [4.69, 9.17) is 10.5 Å². The molecule has 0 aliphatic rings. The molecule has 0 fully saturated rings. The van der Waals surface area contributed by atoms with Crippen molar-refractivity contribution < 1.29 is 4.74 Å². The van der Waals surface area contributed by atoms with E-state index in [1.165, 1.54) is 0 Å². The third-order valence-corrected chi connectivity index (χ3v) is 3.43. The summed E-state index contributed by atoms with van der Waals surface area (Å²) in [5, 5.41) is 2.87. The van der Waals surface area contributed by atoms with Crippen LogP contribution in [-0.4, -0.2) is 4.98 Å². The molecule has 0 unspecified atom stereocenters. The lowest BCUT2D eigenvalue weighted by molar-refractivity contribution is 0.304. The van der Waals surface area contributed by atoms with Gasteiger partial charge >= 0.3 is 0 Å². The van der Waals surface area contributed by atoms with Crippen LogP contribution in [0, 0.1) is 0 Å². The Labute approximate surface area is 100 Å². The lowest BCUT2D eigenvalue weighted by atomic mass is 10.3. The zero-order valence-electron chi connectivity index (χ0n) is 7.81. The van der Waals surface area contributed by atoms with E-state index in [9.17, 15) is 0 Å². The van der Waals surface area contributed by atoms with Crippen molar-refractivity contribution in [1.29, 1.82) is 0 Å². The Balaban J connectivity index is 2.08. The molecule has 5 heteroatoms. The predicted octanol–water partition coefficient (Wildman–Crippen LogP) is 3.07. The fourth-order valence-electron chi connectivity index (χ4n) is 1.10. The van der Waals surface area contributed by atoms with Gasteiger partial charge in [0.15, 0.2) is 0 Å². The van der Waals surface area contributed by atoms with Crippen LogP contribution in [-0.2, 0) is 6.61 Å². The van der Waals surface area contributed by atoms with Crippen LogP contribution >= 0.6 is 27.3 Å². The van der Waals surface area contributed by atoms with Crippen LogP contribution < -0.4 is 10.5 Å². The average molecular weight is 285 g/mol. The van der Waals surface area contributed by atoms with Gasteiger partial charge in [0.2, 0.25) is 0 Å². The third kappa shape index (κ3) is 2.49. The third-order valence-electron chi connectivity index (χ3n) is 1.83. The van der Waals surface area contributed by atoms with Gasteiger partial charge in [-0.1, -0.05) is 6.07 Å². The van der Waals surface area contributed by atoms with Gasteiger partial charge in [-0.15, -0.1) is 11.3 Å². The highest BCUT2D eigenvalue weighted by molar-refractivity contribution is 9.10. The molecule has 0 spiro atoms. The van der Waals surface area contributed by atoms with Gasteiger partial charge in [-0.25, -0.2) is 4.98 Å². The van der Waals surface area contributed by atoms with Crippen LogP contribution in [0.25, 0.3) is 0 Å². The molecule has 15 heavy (non-hydrogen) atoms. The molecule has 2 aromatic rings. The van der Waals surface area contributed by atoms with Crippen molar-refractivity contribution in [3.63, 3.8) is 0 Å². The summed E-state index contributed by atoms with van der Waals surface area (Å²) in [5.41, 5.74) is 6.40. The van der Waals surface area contributed by atoms with E-state index in [0.29, 0.717) is 12.3 Å². The minimum Gasteiger partial charge on any atom is -0.485 e. The van der Waals surface area contributed by atoms with Gasteiger partial charge in [0.1, 0.15) is 17.4 Å². The van der Waals surface area contributed by atoms with Gasteiger partial charge in [0.05, 0.1) is 4.47 Å². The van der Waals surface area contributed by atoms with Crippen molar-refractivity contribution in [2.24, 2.45) is 0 Å². The Kier molecular flexibility index (Phi) is 3.23.